The van der Waals surface area contributed by atoms with E-state index in [0.29, 0.717) is 12.0 Å². The Labute approximate surface area is 123 Å². The number of hydrogen-bond donors (Lipinski definition) is 2. The van der Waals surface area contributed by atoms with Gasteiger partial charge in [0.2, 0.25) is 0 Å². The zero-order valence-electron chi connectivity index (χ0n) is 11.1. The summed E-state index contributed by atoms with van der Waals surface area (Å²) in [5, 5.41) is 9.88. The number of hydrogen-bond acceptors (Lipinski definition) is 3. The molecule has 4 nitrogen and oxygen atoms in total. The molecular formula is C16H14O4S. The first-order valence-electron chi connectivity index (χ1n) is 6.51. The fourth-order valence-corrected chi connectivity index (χ4v) is 3.58. The number of para-hydroxylation sites is 1. The van der Waals surface area contributed by atoms with Crippen molar-refractivity contribution < 1.29 is 18.1 Å². The lowest BCUT2D eigenvalue weighted by atomic mass is 9.93. The second kappa shape index (κ2) is 5.02. The van der Waals surface area contributed by atoms with E-state index < -0.39 is 16.0 Å². The van der Waals surface area contributed by atoms with Crippen LogP contribution < -0.4 is 0 Å². The monoisotopic (exact) mass is 302 g/mol. The summed E-state index contributed by atoms with van der Waals surface area (Å²) >= 11 is 0. The van der Waals surface area contributed by atoms with Gasteiger partial charge in [-0.05, 0) is 35.3 Å². The van der Waals surface area contributed by atoms with Crippen LogP contribution in [0.1, 0.15) is 22.6 Å². The summed E-state index contributed by atoms with van der Waals surface area (Å²) in [6, 6.07) is 14.1. The molecule has 0 saturated carbocycles. The molecular weight excluding hydrogens is 288 g/mol. The summed E-state index contributed by atoms with van der Waals surface area (Å²) in [6.07, 6.45) is 1.81. The van der Waals surface area contributed by atoms with Gasteiger partial charge >= 0.3 is 0 Å². The van der Waals surface area contributed by atoms with Crippen molar-refractivity contribution in [2.75, 3.05) is 0 Å². The van der Waals surface area contributed by atoms with Gasteiger partial charge in [0.05, 0.1) is 4.91 Å². The fourth-order valence-electron chi connectivity index (χ4n) is 2.73. The van der Waals surface area contributed by atoms with Gasteiger partial charge in [-0.2, -0.15) is 8.42 Å². The van der Waals surface area contributed by atoms with E-state index in [0.717, 1.165) is 11.1 Å². The predicted molar refractivity (Wildman–Crippen MR) is 80.5 cm³/mol. The Morgan fingerprint density at radius 1 is 1.00 bits per heavy atom. The van der Waals surface area contributed by atoms with E-state index in [1.165, 1.54) is 6.08 Å². The highest BCUT2D eigenvalue weighted by Gasteiger charge is 2.32. The van der Waals surface area contributed by atoms with Crippen molar-refractivity contribution in [2.24, 2.45) is 0 Å². The highest BCUT2D eigenvalue weighted by molar-refractivity contribution is 7.90. The van der Waals surface area contributed by atoms with Crippen molar-refractivity contribution in [1.82, 2.24) is 0 Å². The van der Waals surface area contributed by atoms with Crippen LogP contribution in [-0.2, 0) is 16.5 Å². The van der Waals surface area contributed by atoms with Crippen molar-refractivity contribution in [3.8, 4) is 5.75 Å². The molecule has 2 N–H and O–H groups in total. The van der Waals surface area contributed by atoms with Crippen LogP contribution in [0.3, 0.4) is 0 Å². The van der Waals surface area contributed by atoms with Gasteiger partial charge in [0.15, 0.2) is 0 Å². The molecule has 108 valence electrons. The SMILES string of the molecule is O=S(=O)(O)C1=Cc2ccccc2C1Cc1ccccc1O. The summed E-state index contributed by atoms with van der Waals surface area (Å²) in [4.78, 5) is -0.0213. The third-order valence-electron chi connectivity index (χ3n) is 3.73. The molecule has 2 aromatic carbocycles. The number of phenolic OH excluding ortho intramolecular Hbond substituents is 1. The number of aromatic hydroxyl groups is 1. The molecule has 21 heavy (non-hydrogen) atoms. The van der Waals surface area contributed by atoms with Crippen molar-refractivity contribution >= 4 is 16.2 Å². The lowest BCUT2D eigenvalue weighted by Gasteiger charge is -2.16. The third-order valence-corrected chi connectivity index (χ3v) is 4.72. The summed E-state index contributed by atoms with van der Waals surface area (Å²) in [7, 11) is -4.27. The largest absolute Gasteiger partial charge is 0.508 e. The van der Waals surface area contributed by atoms with Crippen LogP contribution in [0.15, 0.2) is 53.4 Å². The fraction of sp³-hybridized carbons (Fsp3) is 0.125. The molecule has 2 aromatic rings. The highest BCUT2D eigenvalue weighted by Crippen LogP contribution is 2.41. The topological polar surface area (TPSA) is 74.6 Å². The molecule has 0 amide bonds. The van der Waals surface area contributed by atoms with Gasteiger partial charge in [-0.3, -0.25) is 4.55 Å². The van der Waals surface area contributed by atoms with Gasteiger partial charge in [-0.25, -0.2) is 0 Å². The zero-order chi connectivity index (χ0) is 15.0. The van der Waals surface area contributed by atoms with Gasteiger partial charge < -0.3 is 5.11 Å². The molecule has 0 fully saturated rings. The first-order valence-corrected chi connectivity index (χ1v) is 7.95. The normalized spacial score (nSPS) is 17.4. The van der Waals surface area contributed by atoms with Gasteiger partial charge in [0, 0.05) is 5.92 Å². The smallest absolute Gasteiger partial charge is 0.291 e. The molecule has 0 radical (unpaired) electrons. The molecule has 3 rings (SSSR count). The molecule has 0 saturated heterocycles. The van der Waals surface area contributed by atoms with Gasteiger partial charge in [-0.1, -0.05) is 42.5 Å². The first kappa shape index (κ1) is 13.9. The van der Waals surface area contributed by atoms with E-state index in [1.54, 1.807) is 24.3 Å². The van der Waals surface area contributed by atoms with Gasteiger partial charge in [-0.15, -0.1) is 0 Å². The second-order valence-electron chi connectivity index (χ2n) is 5.04. The third kappa shape index (κ3) is 2.57. The van der Waals surface area contributed by atoms with Crippen LogP contribution in [0.2, 0.25) is 0 Å². The summed E-state index contributed by atoms with van der Waals surface area (Å²) in [5.41, 5.74) is 2.27. The number of rotatable bonds is 3. The Morgan fingerprint density at radius 2 is 1.67 bits per heavy atom. The van der Waals surface area contributed by atoms with E-state index in [9.17, 15) is 18.1 Å². The second-order valence-corrected chi connectivity index (χ2v) is 6.46. The van der Waals surface area contributed by atoms with E-state index >= 15 is 0 Å². The minimum absolute atomic E-state index is 0.0213. The molecule has 0 bridgehead atoms. The molecule has 0 spiro atoms. The van der Waals surface area contributed by atoms with Crippen LogP contribution in [0, 0.1) is 0 Å². The molecule has 1 unspecified atom stereocenters. The van der Waals surface area contributed by atoms with Gasteiger partial charge in [0.1, 0.15) is 5.75 Å². The molecule has 0 aromatic heterocycles. The first-order chi connectivity index (χ1) is 9.97. The lowest BCUT2D eigenvalue weighted by Crippen LogP contribution is -2.11. The molecule has 0 heterocycles. The molecule has 5 heteroatoms. The maximum absolute atomic E-state index is 11.6. The Bertz CT molecular complexity index is 822. The van der Waals surface area contributed by atoms with Crippen molar-refractivity contribution in [1.29, 1.82) is 0 Å². The number of allylic oxidation sites excluding steroid dienone is 1. The molecule has 0 aliphatic heterocycles. The van der Waals surface area contributed by atoms with Crippen LogP contribution in [0.25, 0.3) is 6.08 Å². The van der Waals surface area contributed by atoms with Crippen molar-refractivity contribution in [3.63, 3.8) is 0 Å². The quantitative estimate of drug-likeness (QED) is 0.855. The standard InChI is InChI=1S/C16H14O4S/c17-15-8-4-2-6-12(15)9-14-13-7-3-1-5-11(13)10-16(14)21(18,19)20/h1-8,10,14,17H,9H2,(H,18,19,20). The lowest BCUT2D eigenvalue weighted by molar-refractivity contribution is 0.465. The predicted octanol–water partition coefficient (Wildman–Crippen LogP) is 2.96. The van der Waals surface area contributed by atoms with E-state index in [2.05, 4.69) is 0 Å². The Morgan fingerprint density at radius 3 is 2.38 bits per heavy atom. The highest BCUT2D eigenvalue weighted by atomic mass is 32.2. The maximum atomic E-state index is 11.6. The minimum Gasteiger partial charge on any atom is -0.508 e. The van der Waals surface area contributed by atoms with Crippen LogP contribution in [0.5, 0.6) is 5.75 Å². The summed E-state index contributed by atoms with van der Waals surface area (Å²) in [5.74, 6) is -0.360. The minimum atomic E-state index is -4.27. The summed E-state index contributed by atoms with van der Waals surface area (Å²) in [6.45, 7) is 0. The van der Waals surface area contributed by atoms with Crippen molar-refractivity contribution in [3.05, 3.63) is 70.1 Å². The molecule has 1 atom stereocenters. The van der Waals surface area contributed by atoms with Gasteiger partial charge in [0.25, 0.3) is 10.1 Å². The summed E-state index contributed by atoms with van der Waals surface area (Å²) < 4.78 is 32.7. The Balaban J connectivity index is 2.07. The molecule has 1 aliphatic rings. The van der Waals surface area contributed by atoms with E-state index in [-0.39, 0.29) is 10.7 Å². The van der Waals surface area contributed by atoms with E-state index in [4.69, 9.17) is 0 Å². The number of fused-ring (bicyclic) bond motifs is 1. The van der Waals surface area contributed by atoms with Crippen LogP contribution >= 0.6 is 0 Å². The average Bonchev–Trinajstić information content (AvgIpc) is 2.80. The maximum Gasteiger partial charge on any atom is 0.291 e. The average molecular weight is 302 g/mol. The number of phenols is 1. The zero-order valence-corrected chi connectivity index (χ0v) is 11.9. The van der Waals surface area contributed by atoms with E-state index in [1.807, 2.05) is 24.3 Å². The van der Waals surface area contributed by atoms with Crippen LogP contribution in [-0.4, -0.2) is 18.1 Å². The molecule has 1 aliphatic carbocycles. The Hall–Kier alpha value is -2.11. The Kier molecular flexibility index (Phi) is 3.31. The van der Waals surface area contributed by atoms with Crippen molar-refractivity contribution in [2.45, 2.75) is 12.3 Å². The number of benzene rings is 2. The van der Waals surface area contributed by atoms with Crippen LogP contribution in [0.4, 0.5) is 0 Å².